The molecule has 2 nitrogen and oxygen atoms in total. The monoisotopic (exact) mass is 376 g/mol. The molecule has 0 aliphatic heterocycles. The van der Waals surface area contributed by atoms with Crippen LogP contribution < -0.4 is 5.43 Å². The highest BCUT2D eigenvalue weighted by molar-refractivity contribution is 5.93. The maximum absolute atomic E-state index is 13.0. The fraction of sp³-hybridized carbons (Fsp3) is 0.0741. The fourth-order valence-corrected chi connectivity index (χ4v) is 3.70. The van der Waals surface area contributed by atoms with Gasteiger partial charge in [-0.05, 0) is 60.4 Å². The number of aryl methyl sites for hydroxylation is 2. The molecule has 0 spiro atoms. The van der Waals surface area contributed by atoms with Crippen LogP contribution in [0.5, 0.6) is 0 Å². The van der Waals surface area contributed by atoms with Gasteiger partial charge in [0.05, 0.1) is 10.8 Å². The van der Waals surface area contributed by atoms with Crippen LogP contribution in [0.3, 0.4) is 0 Å². The van der Waals surface area contributed by atoms with Gasteiger partial charge in [-0.3, -0.25) is 4.79 Å². The summed E-state index contributed by atoms with van der Waals surface area (Å²) in [5.41, 5.74) is 7.95. The second-order valence-corrected chi connectivity index (χ2v) is 7.59. The fourth-order valence-electron chi connectivity index (χ4n) is 3.70. The van der Waals surface area contributed by atoms with Crippen LogP contribution in [-0.4, -0.2) is 0 Å². The Bertz CT molecular complexity index is 1300. The molecular formula is C27H20O2. The molecule has 29 heavy (non-hydrogen) atoms. The lowest BCUT2D eigenvalue weighted by atomic mass is 10.0. The second kappa shape index (κ2) is 6.75. The van der Waals surface area contributed by atoms with E-state index in [1.54, 1.807) is 0 Å². The molecule has 1 heterocycles. The van der Waals surface area contributed by atoms with E-state index in [4.69, 9.17) is 4.42 Å². The van der Waals surface area contributed by atoms with E-state index in [-0.39, 0.29) is 5.43 Å². The number of fused-ring (bicyclic) bond motifs is 2. The highest BCUT2D eigenvalue weighted by Gasteiger charge is 2.10. The zero-order chi connectivity index (χ0) is 20.0. The van der Waals surface area contributed by atoms with Crippen molar-refractivity contribution in [3.63, 3.8) is 0 Å². The molecule has 0 fully saturated rings. The quantitative estimate of drug-likeness (QED) is 0.314. The van der Waals surface area contributed by atoms with Gasteiger partial charge in [0.25, 0.3) is 0 Å². The number of rotatable bonds is 2. The van der Waals surface area contributed by atoms with Crippen molar-refractivity contribution in [2.45, 2.75) is 13.8 Å². The third-order valence-electron chi connectivity index (χ3n) is 5.44. The minimum atomic E-state index is 0.00663. The van der Waals surface area contributed by atoms with Gasteiger partial charge in [0.1, 0.15) is 11.2 Å². The zero-order valence-corrected chi connectivity index (χ0v) is 16.4. The van der Waals surface area contributed by atoms with Gasteiger partial charge in [0, 0.05) is 0 Å². The van der Waals surface area contributed by atoms with Gasteiger partial charge in [-0.15, -0.1) is 0 Å². The van der Waals surface area contributed by atoms with E-state index < -0.39 is 0 Å². The van der Waals surface area contributed by atoms with Crippen molar-refractivity contribution in [2.75, 3.05) is 0 Å². The Balaban J connectivity index is 1.69. The van der Waals surface area contributed by atoms with E-state index >= 15 is 0 Å². The molecule has 1 aromatic heterocycles. The number of hydrogen-bond acceptors (Lipinski definition) is 2. The normalized spacial score (nSPS) is 11.2. The molecule has 0 radical (unpaired) electrons. The molecule has 0 aliphatic rings. The lowest BCUT2D eigenvalue weighted by Gasteiger charge is -2.07. The minimum Gasteiger partial charge on any atom is -0.456 e. The molecule has 0 bridgehead atoms. The Kier molecular flexibility index (Phi) is 4.06. The van der Waals surface area contributed by atoms with Gasteiger partial charge in [-0.2, -0.15) is 0 Å². The largest absolute Gasteiger partial charge is 0.456 e. The first-order valence-electron chi connectivity index (χ1n) is 9.73. The Morgan fingerprint density at radius 3 is 1.31 bits per heavy atom. The summed E-state index contributed by atoms with van der Waals surface area (Å²) in [6.07, 6.45) is 0. The summed E-state index contributed by atoms with van der Waals surface area (Å²) in [7, 11) is 0. The van der Waals surface area contributed by atoms with E-state index in [9.17, 15) is 4.79 Å². The van der Waals surface area contributed by atoms with Crippen LogP contribution in [-0.2, 0) is 0 Å². The van der Waals surface area contributed by atoms with E-state index in [2.05, 4.69) is 62.4 Å². The second-order valence-electron chi connectivity index (χ2n) is 7.59. The van der Waals surface area contributed by atoms with Crippen molar-refractivity contribution in [2.24, 2.45) is 0 Å². The van der Waals surface area contributed by atoms with Crippen LogP contribution in [0.25, 0.3) is 44.2 Å². The first-order chi connectivity index (χ1) is 14.1. The number of benzene rings is 4. The van der Waals surface area contributed by atoms with Crippen LogP contribution in [0, 0.1) is 13.8 Å². The molecule has 0 atom stereocenters. The Morgan fingerprint density at radius 2 is 0.897 bits per heavy atom. The van der Waals surface area contributed by atoms with Crippen LogP contribution in [0.4, 0.5) is 0 Å². The average Bonchev–Trinajstić information content (AvgIpc) is 2.74. The molecular weight excluding hydrogens is 356 g/mol. The standard InChI is InChI=1S/C27H20O2/c1-17-3-7-19(8-4-17)21-11-13-23-25(15-21)29-26-16-22(12-14-24(26)27(23)28)20-9-5-18(2)6-10-20/h3-16H,1-2H3. The van der Waals surface area contributed by atoms with Crippen LogP contribution >= 0.6 is 0 Å². The molecule has 5 rings (SSSR count). The molecule has 0 amide bonds. The Labute approximate surface area is 169 Å². The summed E-state index contributed by atoms with van der Waals surface area (Å²) in [6.45, 7) is 4.14. The predicted octanol–water partition coefficient (Wildman–Crippen LogP) is 6.90. The van der Waals surface area contributed by atoms with Crippen molar-refractivity contribution < 1.29 is 4.42 Å². The van der Waals surface area contributed by atoms with Gasteiger partial charge < -0.3 is 4.42 Å². The molecule has 0 aliphatic carbocycles. The third kappa shape index (κ3) is 3.13. The first-order valence-corrected chi connectivity index (χ1v) is 9.73. The van der Waals surface area contributed by atoms with Gasteiger partial charge in [0.2, 0.25) is 5.43 Å². The van der Waals surface area contributed by atoms with Crippen molar-refractivity contribution in [3.8, 4) is 22.3 Å². The SMILES string of the molecule is Cc1ccc(-c2ccc3c(=O)c4ccc(-c5ccc(C)cc5)cc4oc3c2)cc1. The Hall–Kier alpha value is -3.65. The van der Waals surface area contributed by atoms with Crippen molar-refractivity contribution >= 4 is 21.9 Å². The van der Waals surface area contributed by atoms with E-state index in [1.807, 2.05) is 36.4 Å². The molecule has 2 heteroatoms. The molecule has 0 unspecified atom stereocenters. The summed E-state index contributed by atoms with van der Waals surface area (Å²) < 4.78 is 6.20. The highest BCUT2D eigenvalue weighted by Crippen LogP contribution is 2.28. The molecule has 0 N–H and O–H groups in total. The summed E-state index contributed by atoms with van der Waals surface area (Å²) in [6, 6.07) is 28.3. The third-order valence-corrected chi connectivity index (χ3v) is 5.44. The molecule has 140 valence electrons. The van der Waals surface area contributed by atoms with Crippen molar-refractivity contribution in [1.29, 1.82) is 0 Å². The topological polar surface area (TPSA) is 30.2 Å². The van der Waals surface area contributed by atoms with Crippen LogP contribution in [0.1, 0.15) is 11.1 Å². The van der Waals surface area contributed by atoms with Crippen molar-refractivity contribution in [1.82, 2.24) is 0 Å². The smallest absolute Gasteiger partial charge is 0.200 e. The number of hydrogen-bond donors (Lipinski definition) is 0. The lowest BCUT2D eigenvalue weighted by Crippen LogP contribution is -2.02. The van der Waals surface area contributed by atoms with Crippen molar-refractivity contribution in [3.05, 3.63) is 106 Å². The summed E-state index contributed by atoms with van der Waals surface area (Å²) in [5.74, 6) is 0. The summed E-state index contributed by atoms with van der Waals surface area (Å²) in [4.78, 5) is 13.0. The highest BCUT2D eigenvalue weighted by atomic mass is 16.3. The van der Waals surface area contributed by atoms with Gasteiger partial charge in [0.15, 0.2) is 0 Å². The maximum atomic E-state index is 13.0. The predicted molar refractivity (Wildman–Crippen MR) is 120 cm³/mol. The van der Waals surface area contributed by atoms with Crippen LogP contribution in [0.2, 0.25) is 0 Å². The Morgan fingerprint density at radius 1 is 0.517 bits per heavy atom. The van der Waals surface area contributed by atoms with E-state index in [0.717, 1.165) is 22.3 Å². The lowest BCUT2D eigenvalue weighted by molar-refractivity contribution is 0.660. The summed E-state index contributed by atoms with van der Waals surface area (Å²) >= 11 is 0. The zero-order valence-electron chi connectivity index (χ0n) is 16.4. The average molecular weight is 376 g/mol. The maximum Gasteiger partial charge on any atom is 0.200 e. The van der Waals surface area contributed by atoms with Gasteiger partial charge >= 0.3 is 0 Å². The molecule has 0 saturated carbocycles. The summed E-state index contributed by atoms with van der Waals surface area (Å²) in [5, 5.41) is 1.22. The van der Waals surface area contributed by atoms with E-state index in [0.29, 0.717) is 21.9 Å². The molecule has 5 aromatic rings. The molecule has 4 aromatic carbocycles. The first kappa shape index (κ1) is 17.4. The van der Waals surface area contributed by atoms with E-state index in [1.165, 1.54) is 11.1 Å². The van der Waals surface area contributed by atoms with Crippen LogP contribution in [0.15, 0.2) is 94.1 Å². The molecule has 0 saturated heterocycles. The van der Waals surface area contributed by atoms with Gasteiger partial charge in [-0.1, -0.05) is 71.8 Å². The van der Waals surface area contributed by atoms with Gasteiger partial charge in [-0.25, -0.2) is 0 Å². The minimum absolute atomic E-state index is 0.00663.